The van der Waals surface area contributed by atoms with Gasteiger partial charge in [0.25, 0.3) is 0 Å². The minimum Gasteiger partial charge on any atom is -0.310 e. The van der Waals surface area contributed by atoms with Gasteiger partial charge in [0, 0.05) is 45.2 Å². The molecule has 0 saturated heterocycles. The first-order valence-corrected chi connectivity index (χ1v) is 24.2. The summed E-state index contributed by atoms with van der Waals surface area (Å²) in [5, 5.41) is 0. The van der Waals surface area contributed by atoms with E-state index in [1.807, 2.05) is 60.7 Å². The third-order valence-electron chi connectivity index (χ3n) is 13.8. The van der Waals surface area contributed by atoms with Crippen molar-refractivity contribution in [2.45, 2.75) is 31.6 Å². The molecule has 1 aliphatic rings. The van der Waals surface area contributed by atoms with Gasteiger partial charge in [0.05, 0.1) is 22.5 Å². The number of alkyl halides is 6. The van der Waals surface area contributed by atoms with E-state index in [9.17, 15) is 26.3 Å². The lowest BCUT2D eigenvalue weighted by Crippen LogP contribution is -2.31. The fourth-order valence-electron chi connectivity index (χ4n) is 10.1. The molecule has 0 fully saturated rings. The Morgan fingerprint density at radius 2 is 0.608 bits per heavy atom. The van der Waals surface area contributed by atoms with Gasteiger partial charge in [0.15, 0.2) is 0 Å². The zero-order valence-corrected chi connectivity index (χ0v) is 40.3. The van der Waals surface area contributed by atoms with Crippen LogP contribution in [0.15, 0.2) is 249 Å². The smallest absolute Gasteiger partial charge is 0.310 e. The van der Waals surface area contributed by atoms with Crippen molar-refractivity contribution in [1.29, 1.82) is 0 Å². The predicted molar refractivity (Wildman–Crippen MR) is 289 cm³/mol. The molecule has 9 heteroatoms. The van der Waals surface area contributed by atoms with Gasteiger partial charge < -0.3 is 14.7 Å². The van der Waals surface area contributed by atoms with Gasteiger partial charge in [-0.15, -0.1) is 0 Å². The minimum absolute atomic E-state index is 0.141. The van der Waals surface area contributed by atoms with E-state index in [0.717, 1.165) is 85.6 Å². The number of nitrogens with zero attached hydrogens (tertiary/aromatic N) is 3. The molecule has 364 valence electrons. The van der Waals surface area contributed by atoms with Crippen molar-refractivity contribution >= 4 is 51.2 Å². The third kappa shape index (κ3) is 9.17. The second-order valence-electron chi connectivity index (χ2n) is 18.9. The lowest BCUT2D eigenvalue weighted by atomic mass is 9.73. The molecule has 74 heavy (non-hydrogen) atoms. The Morgan fingerprint density at radius 1 is 0.311 bits per heavy atom. The van der Waals surface area contributed by atoms with Crippen LogP contribution in [-0.4, -0.2) is 0 Å². The molecule has 0 N–H and O–H groups in total. The van der Waals surface area contributed by atoms with E-state index in [4.69, 9.17) is 0 Å². The number of benzene rings is 10. The standard InChI is InChI=1S/C65H47F6N3/c1-63(2)59-42-57(72(52-15-7-3-8-16-52)53-17-9-4-10-18-53)35-37-61(59)74(55-21-13-6-14-22-55)62-38-36-58(43-60(62)63)73(54-19-11-5-12-20-54)56-33-31-47(32-34-56)46-25-23-44(24-26-46)45-27-29-48(30-28-45)49-39-50(64(66,67)68)41-51(40-49)65(69,70)71/h3-43H,1-2H3. The molecule has 11 rings (SSSR count). The first kappa shape index (κ1) is 47.5. The topological polar surface area (TPSA) is 9.72 Å². The van der Waals surface area contributed by atoms with E-state index < -0.39 is 28.9 Å². The first-order valence-electron chi connectivity index (χ1n) is 24.2. The Labute approximate surface area is 426 Å². The first-order chi connectivity index (χ1) is 35.7. The van der Waals surface area contributed by atoms with Crippen LogP contribution >= 0.6 is 0 Å². The molecule has 0 aromatic heterocycles. The van der Waals surface area contributed by atoms with Gasteiger partial charge in [-0.05, 0) is 160 Å². The average Bonchev–Trinajstić information content (AvgIpc) is 3.42. The molecule has 0 atom stereocenters. The molecule has 1 heterocycles. The number of fused-ring (bicyclic) bond motifs is 2. The monoisotopic (exact) mass is 983 g/mol. The normalized spacial score (nSPS) is 12.9. The lowest BCUT2D eigenvalue weighted by Gasteiger charge is -2.43. The van der Waals surface area contributed by atoms with Gasteiger partial charge in [-0.2, -0.15) is 26.3 Å². The molecule has 10 aromatic carbocycles. The maximum absolute atomic E-state index is 13.6. The van der Waals surface area contributed by atoms with Gasteiger partial charge in [-0.25, -0.2) is 0 Å². The highest BCUT2D eigenvalue weighted by Gasteiger charge is 2.39. The number of rotatable bonds is 10. The van der Waals surface area contributed by atoms with E-state index in [0.29, 0.717) is 0 Å². The van der Waals surface area contributed by atoms with Crippen LogP contribution in [0.3, 0.4) is 0 Å². The summed E-state index contributed by atoms with van der Waals surface area (Å²) in [5.41, 5.74) is 12.3. The molecule has 0 spiro atoms. The second kappa shape index (κ2) is 19.0. The highest BCUT2D eigenvalue weighted by molar-refractivity contribution is 5.91. The molecule has 0 saturated carbocycles. The van der Waals surface area contributed by atoms with Crippen LogP contribution in [0.5, 0.6) is 0 Å². The van der Waals surface area contributed by atoms with Crippen molar-refractivity contribution in [3.63, 3.8) is 0 Å². The molecule has 0 radical (unpaired) electrons. The quantitative estimate of drug-likeness (QED) is 0.126. The minimum atomic E-state index is -4.93. The maximum Gasteiger partial charge on any atom is 0.416 e. The van der Waals surface area contributed by atoms with E-state index in [1.165, 1.54) is 11.1 Å². The summed E-state index contributed by atoms with van der Waals surface area (Å²) in [4.78, 5) is 6.96. The fraction of sp³-hybridized carbons (Fsp3) is 0.0769. The highest BCUT2D eigenvalue weighted by Crippen LogP contribution is 2.55. The van der Waals surface area contributed by atoms with Crippen molar-refractivity contribution in [1.82, 2.24) is 0 Å². The number of para-hydroxylation sites is 4. The summed E-state index contributed by atoms with van der Waals surface area (Å²) in [6, 6.07) is 79.8. The van der Waals surface area contributed by atoms with Gasteiger partial charge in [-0.1, -0.05) is 147 Å². The van der Waals surface area contributed by atoms with Crippen molar-refractivity contribution in [2.24, 2.45) is 0 Å². The lowest BCUT2D eigenvalue weighted by molar-refractivity contribution is -0.143. The number of anilines is 9. The number of halogens is 6. The van der Waals surface area contributed by atoms with Crippen LogP contribution in [0, 0.1) is 0 Å². The molecular formula is C65H47F6N3. The van der Waals surface area contributed by atoms with Crippen molar-refractivity contribution < 1.29 is 26.3 Å². The second-order valence-corrected chi connectivity index (χ2v) is 18.9. The Hall–Kier alpha value is -8.82. The van der Waals surface area contributed by atoms with E-state index in [-0.39, 0.29) is 17.2 Å². The molecular weight excluding hydrogens is 937 g/mol. The van der Waals surface area contributed by atoms with Gasteiger partial charge in [0.2, 0.25) is 0 Å². The van der Waals surface area contributed by atoms with Gasteiger partial charge in [0.1, 0.15) is 0 Å². The van der Waals surface area contributed by atoms with Crippen LogP contribution in [0.4, 0.5) is 77.5 Å². The Bertz CT molecular complexity index is 3510. The number of hydrogen-bond donors (Lipinski definition) is 0. The Kier molecular flexibility index (Phi) is 12.2. The zero-order valence-electron chi connectivity index (χ0n) is 40.3. The molecule has 1 aliphatic heterocycles. The van der Waals surface area contributed by atoms with Crippen LogP contribution in [0.2, 0.25) is 0 Å². The summed E-state index contributed by atoms with van der Waals surface area (Å²) >= 11 is 0. The van der Waals surface area contributed by atoms with E-state index >= 15 is 0 Å². The highest BCUT2D eigenvalue weighted by atomic mass is 19.4. The fourth-order valence-corrected chi connectivity index (χ4v) is 10.1. The van der Waals surface area contributed by atoms with Gasteiger partial charge in [-0.3, -0.25) is 0 Å². The third-order valence-corrected chi connectivity index (χ3v) is 13.8. The molecule has 0 unspecified atom stereocenters. The van der Waals surface area contributed by atoms with Crippen LogP contribution < -0.4 is 14.7 Å². The molecule has 10 aromatic rings. The molecule has 3 nitrogen and oxygen atoms in total. The van der Waals surface area contributed by atoms with Crippen LogP contribution in [-0.2, 0) is 17.8 Å². The summed E-state index contributed by atoms with van der Waals surface area (Å²) in [6.07, 6.45) is -9.86. The molecule has 0 amide bonds. The summed E-state index contributed by atoms with van der Waals surface area (Å²) in [5.74, 6) is 0. The van der Waals surface area contributed by atoms with E-state index in [1.54, 1.807) is 24.3 Å². The Morgan fingerprint density at radius 3 is 0.959 bits per heavy atom. The Balaban J connectivity index is 0.922. The largest absolute Gasteiger partial charge is 0.416 e. The van der Waals surface area contributed by atoms with Crippen LogP contribution in [0.1, 0.15) is 36.1 Å². The summed E-state index contributed by atoms with van der Waals surface area (Å²) in [6.45, 7) is 4.63. The zero-order chi connectivity index (χ0) is 51.2. The average molecular weight is 984 g/mol. The molecule has 0 bridgehead atoms. The molecule has 0 aliphatic carbocycles. The van der Waals surface area contributed by atoms with Gasteiger partial charge >= 0.3 is 12.4 Å². The maximum atomic E-state index is 13.6. The van der Waals surface area contributed by atoms with Crippen molar-refractivity contribution in [3.8, 4) is 33.4 Å². The SMILES string of the molecule is CC1(C)c2cc(N(c3ccccc3)c3ccccc3)ccc2N(c2ccccc2)c2ccc(N(c3ccccc3)c3ccc(-c4ccc(-c5ccc(-c6cc(C(F)(F)F)cc(C(F)(F)F)c6)cc5)cc4)cc3)cc21. The summed E-state index contributed by atoms with van der Waals surface area (Å²) in [7, 11) is 0. The predicted octanol–water partition coefficient (Wildman–Crippen LogP) is 19.8. The van der Waals surface area contributed by atoms with Crippen molar-refractivity contribution in [3.05, 3.63) is 271 Å². The van der Waals surface area contributed by atoms with Crippen molar-refractivity contribution in [2.75, 3.05) is 14.7 Å². The van der Waals surface area contributed by atoms with E-state index in [2.05, 4.69) is 174 Å². The summed E-state index contributed by atoms with van der Waals surface area (Å²) < 4.78 is 81.5. The number of hydrogen-bond acceptors (Lipinski definition) is 3. The van der Waals surface area contributed by atoms with Crippen LogP contribution in [0.25, 0.3) is 33.4 Å².